The van der Waals surface area contributed by atoms with Crippen molar-refractivity contribution in [3.05, 3.63) is 77.0 Å². The Balaban J connectivity index is 1.54. The van der Waals surface area contributed by atoms with E-state index < -0.39 is 17.5 Å². The molecule has 1 atom stereocenters. The summed E-state index contributed by atoms with van der Waals surface area (Å²) < 4.78 is 0. The van der Waals surface area contributed by atoms with Crippen LogP contribution in [0.5, 0.6) is 0 Å². The number of nitrogens with one attached hydrogen (secondary N) is 1. The summed E-state index contributed by atoms with van der Waals surface area (Å²) in [5, 5.41) is 2.79. The number of imide groups is 1. The van der Waals surface area contributed by atoms with Crippen LogP contribution in [0.25, 0.3) is 0 Å². The maximum absolute atomic E-state index is 13.3. The number of anilines is 1. The first kappa shape index (κ1) is 22.8. The molecule has 1 unspecified atom stereocenters. The van der Waals surface area contributed by atoms with Crippen molar-refractivity contribution in [2.75, 3.05) is 18.5 Å². The average molecular weight is 446 g/mol. The van der Waals surface area contributed by atoms with Crippen LogP contribution in [0.3, 0.4) is 0 Å². The van der Waals surface area contributed by atoms with E-state index in [1.807, 2.05) is 54.4 Å². The zero-order valence-corrected chi connectivity index (χ0v) is 19.9. The largest absolute Gasteiger partial charge is 0.347 e. The van der Waals surface area contributed by atoms with Gasteiger partial charge in [-0.1, -0.05) is 69.7 Å². The van der Waals surface area contributed by atoms with Crippen LogP contribution >= 0.6 is 0 Å². The van der Waals surface area contributed by atoms with E-state index in [0.717, 1.165) is 34.7 Å². The van der Waals surface area contributed by atoms with Crippen LogP contribution in [0.1, 0.15) is 50.8 Å². The molecule has 4 rings (SSSR count). The minimum atomic E-state index is -1.19. The van der Waals surface area contributed by atoms with E-state index in [4.69, 9.17) is 0 Å². The number of amides is 3. The second-order valence-corrected chi connectivity index (χ2v) is 9.59. The standard InChI is InChI=1S/C27H31N3O3/c1-6-9-18-12-14-19(15-13-18)27(4)24(32)30(25(33)28-27)17-20(31)16-23-26(2,3)21-10-7-8-11-22(21)29(23)5/h7-8,10-16H,6,9,17H2,1-5H3,(H,28,33)/b23-16-. The van der Waals surface area contributed by atoms with Crippen molar-refractivity contribution in [2.45, 2.75) is 51.5 Å². The van der Waals surface area contributed by atoms with Gasteiger partial charge in [0.15, 0.2) is 5.78 Å². The highest BCUT2D eigenvalue weighted by Gasteiger charge is 2.49. The number of para-hydroxylation sites is 1. The summed E-state index contributed by atoms with van der Waals surface area (Å²) in [5.41, 5.74) is 3.39. The molecule has 6 heteroatoms. The quantitative estimate of drug-likeness (QED) is 0.532. The van der Waals surface area contributed by atoms with Gasteiger partial charge in [0.05, 0.1) is 6.54 Å². The molecule has 172 valence electrons. The molecule has 6 nitrogen and oxygen atoms in total. The third-order valence-electron chi connectivity index (χ3n) is 6.90. The Hall–Kier alpha value is -3.41. The number of fused-ring (bicyclic) bond motifs is 1. The molecule has 1 saturated heterocycles. The van der Waals surface area contributed by atoms with Crippen LogP contribution < -0.4 is 10.2 Å². The number of carbonyl (C=O) groups is 3. The van der Waals surface area contributed by atoms with Gasteiger partial charge in [0.2, 0.25) is 0 Å². The predicted octanol–water partition coefficient (Wildman–Crippen LogP) is 4.29. The van der Waals surface area contributed by atoms with Gasteiger partial charge >= 0.3 is 6.03 Å². The lowest BCUT2D eigenvalue weighted by molar-refractivity contribution is -0.133. The predicted molar refractivity (Wildman–Crippen MR) is 129 cm³/mol. The van der Waals surface area contributed by atoms with Crippen LogP contribution in [-0.4, -0.2) is 36.2 Å². The summed E-state index contributed by atoms with van der Waals surface area (Å²) in [7, 11) is 1.93. The molecule has 1 N–H and O–H groups in total. The number of urea groups is 1. The number of hydrogen-bond acceptors (Lipinski definition) is 4. The summed E-state index contributed by atoms with van der Waals surface area (Å²) in [6.07, 6.45) is 3.56. The van der Waals surface area contributed by atoms with Gasteiger partial charge in [0, 0.05) is 29.9 Å². The zero-order chi connectivity index (χ0) is 24.0. The molecule has 1 fully saturated rings. The summed E-state index contributed by atoms with van der Waals surface area (Å²) in [4.78, 5) is 42.0. The maximum Gasteiger partial charge on any atom is 0.325 e. The lowest BCUT2D eigenvalue weighted by Gasteiger charge is -2.24. The average Bonchev–Trinajstić information content (AvgIpc) is 3.12. The van der Waals surface area contributed by atoms with Gasteiger partial charge in [-0.05, 0) is 36.1 Å². The maximum atomic E-state index is 13.3. The fourth-order valence-corrected chi connectivity index (χ4v) is 4.94. The number of benzene rings is 2. The van der Waals surface area contributed by atoms with Gasteiger partial charge in [-0.15, -0.1) is 0 Å². The van der Waals surface area contributed by atoms with E-state index in [-0.39, 0.29) is 17.7 Å². The lowest BCUT2D eigenvalue weighted by Crippen LogP contribution is -2.41. The van der Waals surface area contributed by atoms with Crippen molar-refractivity contribution in [1.82, 2.24) is 10.2 Å². The van der Waals surface area contributed by atoms with Gasteiger partial charge in [0.1, 0.15) is 5.54 Å². The van der Waals surface area contributed by atoms with Gasteiger partial charge in [-0.2, -0.15) is 0 Å². The van der Waals surface area contributed by atoms with Crippen LogP contribution in [0.15, 0.2) is 60.3 Å². The Labute approximate surface area is 195 Å². The van der Waals surface area contributed by atoms with Gasteiger partial charge < -0.3 is 10.2 Å². The van der Waals surface area contributed by atoms with Crippen LogP contribution in [0, 0.1) is 0 Å². The number of nitrogens with zero attached hydrogens (tertiary/aromatic N) is 2. The first-order chi connectivity index (χ1) is 15.6. The molecule has 0 aromatic heterocycles. The third kappa shape index (κ3) is 3.73. The van der Waals surface area contributed by atoms with E-state index in [9.17, 15) is 14.4 Å². The fourth-order valence-electron chi connectivity index (χ4n) is 4.94. The smallest absolute Gasteiger partial charge is 0.325 e. The molecule has 0 bridgehead atoms. The molecule has 0 aliphatic carbocycles. The van der Waals surface area contributed by atoms with Crippen molar-refractivity contribution in [1.29, 1.82) is 0 Å². The Morgan fingerprint density at radius 3 is 2.33 bits per heavy atom. The number of rotatable bonds is 6. The molecular formula is C27H31N3O3. The Bertz CT molecular complexity index is 1150. The summed E-state index contributed by atoms with van der Waals surface area (Å²) in [6, 6.07) is 15.2. The van der Waals surface area contributed by atoms with Crippen LogP contribution in [0.4, 0.5) is 10.5 Å². The summed E-state index contributed by atoms with van der Waals surface area (Å²) in [5.74, 6) is -0.700. The monoisotopic (exact) mass is 445 g/mol. The second-order valence-electron chi connectivity index (χ2n) is 9.59. The molecule has 2 aliphatic heterocycles. The summed E-state index contributed by atoms with van der Waals surface area (Å²) in [6.45, 7) is 7.65. The molecule has 2 aliphatic rings. The van der Waals surface area contributed by atoms with Crippen LogP contribution in [0.2, 0.25) is 0 Å². The number of carbonyl (C=O) groups excluding carboxylic acids is 3. The molecule has 2 heterocycles. The molecule has 0 radical (unpaired) electrons. The first-order valence-corrected chi connectivity index (χ1v) is 11.4. The number of allylic oxidation sites excluding steroid dienone is 1. The minimum absolute atomic E-state index is 0.288. The highest BCUT2D eigenvalue weighted by Crippen LogP contribution is 2.46. The molecule has 0 saturated carbocycles. The van der Waals surface area contributed by atoms with Crippen molar-refractivity contribution in [2.24, 2.45) is 0 Å². The van der Waals surface area contributed by atoms with Gasteiger partial charge in [0.25, 0.3) is 5.91 Å². The molecule has 0 spiro atoms. The highest BCUT2D eigenvalue weighted by molar-refractivity contribution is 6.10. The minimum Gasteiger partial charge on any atom is -0.347 e. The number of aryl methyl sites for hydroxylation is 1. The normalized spacial score (nSPS) is 22.6. The van der Waals surface area contributed by atoms with E-state index >= 15 is 0 Å². The zero-order valence-electron chi connectivity index (χ0n) is 19.9. The van der Waals surface area contributed by atoms with Crippen molar-refractivity contribution in [3.63, 3.8) is 0 Å². The topological polar surface area (TPSA) is 69.7 Å². The van der Waals surface area contributed by atoms with Gasteiger partial charge in [-0.25, -0.2) is 4.79 Å². The Kier molecular flexibility index (Phi) is 5.64. The number of likely N-dealkylation sites (N-methyl/N-ethyl adjacent to an activating group) is 1. The Morgan fingerprint density at radius 1 is 1.03 bits per heavy atom. The Morgan fingerprint density at radius 2 is 1.70 bits per heavy atom. The highest BCUT2D eigenvalue weighted by atomic mass is 16.2. The SMILES string of the molecule is CCCc1ccc(C2(C)NC(=O)N(CC(=O)/C=C3\N(C)c4ccccc4C3(C)C)C2=O)cc1. The second kappa shape index (κ2) is 8.18. The first-order valence-electron chi connectivity index (χ1n) is 11.4. The lowest BCUT2D eigenvalue weighted by atomic mass is 9.83. The molecule has 2 aromatic carbocycles. The van der Waals surface area contributed by atoms with E-state index in [0.29, 0.717) is 5.56 Å². The van der Waals surface area contributed by atoms with Crippen molar-refractivity contribution < 1.29 is 14.4 Å². The number of hydrogen-bond donors (Lipinski definition) is 1. The van der Waals surface area contributed by atoms with E-state index in [2.05, 4.69) is 32.2 Å². The third-order valence-corrected chi connectivity index (χ3v) is 6.90. The molecule has 2 aromatic rings. The molecular weight excluding hydrogens is 414 g/mol. The van der Waals surface area contributed by atoms with E-state index in [1.54, 1.807) is 13.0 Å². The van der Waals surface area contributed by atoms with Crippen molar-refractivity contribution in [3.8, 4) is 0 Å². The summed E-state index contributed by atoms with van der Waals surface area (Å²) >= 11 is 0. The molecule has 3 amide bonds. The number of ketones is 1. The molecule has 33 heavy (non-hydrogen) atoms. The van der Waals surface area contributed by atoms with Gasteiger partial charge in [-0.3, -0.25) is 14.5 Å². The van der Waals surface area contributed by atoms with Crippen molar-refractivity contribution >= 4 is 23.4 Å². The fraction of sp³-hybridized carbons (Fsp3) is 0.370. The van der Waals surface area contributed by atoms with E-state index in [1.165, 1.54) is 5.56 Å². The van der Waals surface area contributed by atoms with Crippen LogP contribution in [-0.2, 0) is 27.0 Å².